The van der Waals surface area contributed by atoms with E-state index >= 15 is 0 Å². The molecule has 0 unspecified atom stereocenters. The molecule has 37 heavy (non-hydrogen) atoms. The smallest absolute Gasteiger partial charge is 0.320 e. The number of nitrogen functional groups attached to an aromatic ring is 1. The van der Waals surface area contributed by atoms with Crippen LogP contribution in [0, 0.1) is 6.92 Å². The number of aliphatic imine (C=N–C) groups is 1. The molecule has 0 saturated heterocycles. The number of Topliss-reactive ketones (excluding diaryl/α,β-unsaturated/α-hetero) is 1. The number of fused-ring (bicyclic) bond motifs is 1. The van der Waals surface area contributed by atoms with Gasteiger partial charge in [-0.2, -0.15) is 0 Å². The van der Waals surface area contributed by atoms with Crippen molar-refractivity contribution in [3.8, 4) is 28.4 Å². The summed E-state index contributed by atoms with van der Waals surface area (Å²) in [6.45, 7) is 7.03. The van der Waals surface area contributed by atoms with E-state index in [1.54, 1.807) is 23.7 Å². The number of nitrogens with two attached hydrogens (primary N) is 1. The second kappa shape index (κ2) is 10.1. The quantitative estimate of drug-likeness (QED) is 0.158. The fourth-order valence-corrected chi connectivity index (χ4v) is 5.10. The first-order valence-electron chi connectivity index (χ1n) is 11.3. The number of ketones is 1. The molecule has 0 bridgehead atoms. The van der Waals surface area contributed by atoms with Gasteiger partial charge in [0.25, 0.3) is 6.20 Å². The van der Waals surface area contributed by atoms with Crippen molar-refractivity contribution in [2.24, 2.45) is 4.99 Å². The standard InChI is InChI=1S/C25H27N5O6S/c1-11(2)30-10-17(36-29-30)28-24(32)23-21(26)20-19(18(13(4)31)12(3)27-25(20)37-23)14-8-15(33-5)22(35-7)16(9-14)34-6/h8-11H,1-7H3,(H2-,26,28,29,32). The second-order valence-corrected chi connectivity index (χ2v) is 9.47. The number of rotatable bonds is 8. The van der Waals surface area contributed by atoms with Crippen molar-refractivity contribution < 1.29 is 33.3 Å². The van der Waals surface area contributed by atoms with Crippen molar-refractivity contribution in [1.82, 2.24) is 10.3 Å². The summed E-state index contributed by atoms with van der Waals surface area (Å²) in [7, 11) is 4.51. The molecule has 4 rings (SSSR count). The van der Waals surface area contributed by atoms with Gasteiger partial charge in [0.2, 0.25) is 11.0 Å². The zero-order valence-corrected chi connectivity index (χ0v) is 22.3. The molecule has 0 atom stereocenters. The Balaban J connectivity index is 2.01. The van der Waals surface area contributed by atoms with Gasteiger partial charge >= 0.3 is 5.88 Å². The summed E-state index contributed by atoms with van der Waals surface area (Å²) >= 11 is 1.09. The third-order valence-corrected chi connectivity index (χ3v) is 6.86. The number of thiophene rings is 1. The predicted octanol–water partition coefficient (Wildman–Crippen LogP) is 3.38. The maximum Gasteiger partial charge on any atom is 0.320 e. The van der Waals surface area contributed by atoms with E-state index in [-0.39, 0.29) is 28.3 Å². The van der Waals surface area contributed by atoms with Crippen molar-refractivity contribution in [1.29, 1.82) is 0 Å². The topological polar surface area (TPSA) is 149 Å². The van der Waals surface area contributed by atoms with Gasteiger partial charge < -0.3 is 25.1 Å². The van der Waals surface area contributed by atoms with Crippen LogP contribution in [0.2, 0.25) is 0 Å². The number of benzene rings is 1. The molecule has 12 heteroatoms. The summed E-state index contributed by atoms with van der Waals surface area (Å²) in [6.07, 6.45) is 1.53. The minimum absolute atomic E-state index is 0.0374. The number of hydrogen-bond acceptors (Lipinski definition) is 11. The van der Waals surface area contributed by atoms with Crippen molar-refractivity contribution in [2.45, 2.75) is 33.7 Å². The van der Waals surface area contributed by atoms with Gasteiger partial charge in [-0.05, 0) is 50.1 Å². The number of nitrogens with zero attached hydrogens (tertiary/aromatic N) is 4. The van der Waals surface area contributed by atoms with E-state index in [9.17, 15) is 9.90 Å². The first kappa shape index (κ1) is 25.9. The molecule has 3 aromatic heterocycles. The summed E-state index contributed by atoms with van der Waals surface area (Å²) in [6, 6.07) is 3.49. The van der Waals surface area contributed by atoms with Crippen LogP contribution in [0.3, 0.4) is 0 Å². The zero-order valence-electron chi connectivity index (χ0n) is 21.5. The summed E-state index contributed by atoms with van der Waals surface area (Å²) in [5, 5.41) is 17.5. The van der Waals surface area contributed by atoms with Crippen LogP contribution in [0.1, 0.15) is 47.7 Å². The van der Waals surface area contributed by atoms with E-state index in [2.05, 4.69) is 15.2 Å². The molecule has 2 N–H and O–H groups in total. The van der Waals surface area contributed by atoms with Gasteiger partial charge in [0.05, 0.1) is 37.6 Å². The monoisotopic (exact) mass is 525 g/mol. The molecule has 4 aromatic rings. The second-order valence-electron chi connectivity index (χ2n) is 8.47. The van der Waals surface area contributed by atoms with E-state index < -0.39 is 5.90 Å². The Kier molecular flexibility index (Phi) is 7.03. The third-order valence-electron chi connectivity index (χ3n) is 5.77. The maximum atomic E-state index is 13.1. The highest BCUT2D eigenvalue weighted by Crippen LogP contribution is 2.47. The minimum atomic E-state index is -0.606. The van der Waals surface area contributed by atoms with Gasteiger partial charge in [0.15, 0.2) is 23.3 Å². The maximum absolute atomic E-state index is 13.1. The van der Waals surface area contributed by atoms with E-state index in [0.717, 1.165) is 11.3 Å². The van der Waals surface area contributed by atoms with Crippen LogP contribution in [0.5, 0.6) is 17.2 Å². The van der Waals surface area contributed by atoms with Gasteiger partial charge in [0, 0.05) is 22.4 Å². The number of methoxy groups -OCH3 is 3. The Morgan fingerprint density at radius 2 is 1.84 bits per heavy atom. The molecule has 0 radical (unpaired) electrons. The average molecular weight is 526 g/mol. The Labute approximate surface area is 217 Å². The van der Waals surface area contributed by atoms with Crippen LogP contribution in [0.4, 0.5) is 11.6 Å². The van der Waals surface area contributed by atoms with Crippen molar-refractivity contribution in [3.05, 3.63) is 34.5 Å². The van der Waals surface area contributed by atoms with Crippen LogP contribution >= 0.6 is 11.3 Å². The molecule has 194 valence electrons. The number of anilines is 1. The molecule has 0 aliphatic heterocycles. The summed E-state index contributed by atoms with van der Waals surface area (Å²) in [4.78, 5) is 22.1. The highest BCUT2D eigenvalue weighted by Gasteiger charge is 2.25. The van der Waals surface area contributed by atoms with Gasteiger partial charge in [0.1, 0.15) is 4.83 Å². The molecule has 1 aromatic carbocycles. The number of carbonyl (C=O) groups is 1. The molecular weight excluding hydrogens is 498 g/mol. The number of aromatic nitrogens is 3. The van der Waals surface area contributed by atoms with Crippen molar-refractivity contribution in [2.75, 3.05) is 27.1 Å². The van der Waals surface area contributed by atoms with Crippen molar-refractivity contribution >= 4 is 44.8 Å². The normalized spacial score (nSPS) is 11.8. The number of pyridine rings is 1. The lowest BCUT2D eigenvalue weighted by atomic mass is 9.93. The predicted molar refractivity (Wildman–Crippen MR) is 137 cm³/mol. The van der Waals surface area contributed by atoms with Crippen molar-refractivity contribution in [3.63, 3.8) is 0 Å². The number of aryl methyl sites for hydroxylation is 1. The number of hydrogen-bond donors (Lipinski definition) is 1. The van der Waals surface area contributed by atoms with Crippen LogP contribution in [0.25, 0.3) is 21.3 Å². The first-order chi connectivity index (χ1) is 17.6. The van der Waals surface area contributed by atoms with Crippen LogP contribution in [-0.2, 0) is 0 Å². The molecule has 0 aliphatic carbocycles. The fourth-order valence-electron chi connectivity index (χ4n) is 4.06. The van der Waals surface area contributed by atoms with E-state index in [4.69, 9.17) is 24.5 Å². The minimum Gasteiger partial charge on any atom is -0.857 e. The Morgan fingerprint density at radius 1 is 1.19 bits per heavy atom. The van der Waals surface area contributed by atoms with E-state index in [1.165, 1.54) is 34.4 Å². The molecule has 0 aliphatic rings. The lowest BCUT2D eigenvalue weighted by Gasteiger charge is -2.17. The molecule has 0 fully saturated rings. The SMILES string of the molecule is COc1cc(-c2c(C(C)=O)c(C)nc3sc(/C([O-])=N/c4c[n+](C(C)C)no4)c(N)c23)cc(OC)c1OC. The van der Waals surface area contributed by atoms with Gasteiger partial charge in [-0.25, -0.2) is 9.98 Å². The van der Waals surface area contributed by atoms with Gasteiger partial charge in [-0.15, -0.1) is 11.3 Å². The molecule has 11 nitrogen and oxygen atoms in total. The molecule has 0 amide bonds. The summed E-state index contributed by atoms with van der Waals surface area (Å²) in [5.74, 6) is 0.438. The lowest BCUT2D eigenvalue weighted by molar-refractivity contribution is -0.779. The van der Waals surface area contributed by atoms with Crippen LogP contribution in [0.15, 0.2) is 27.8 Å². The third kappa shape index (κ3) is 4.55. The number of ether oxygens (including phenoxy) is 3. The summed E-state index contributed by atoms with van der Waals surface area (Å²) < 4.78 is 23.2. The Bertz CT molecular complexity index is 1510. The lowest BCUT2D eigenvalue weighted by Crippen LogP contribution is -2.36. The zero-order chi connectivity index (χ0) is 27.0. The molecule has 3 heterocycles. The Morgan fingerprint density at radius 3 is 2.35 bits per heavy atom. The van der Waals surface area contributed by atoms with Crippen LogP contribution < -0.4 is 29.7 Å². The van der Waals surface area contributed by atoms with Crippen LogP contribution in [-0.4, -0.2) is 43.3 Å². The fraction of sp³-hybridized carbons (Fsp3) is 0.320. The van der Waals surface area contributed by atoms with E-state index in [0.29, 0.717) is 49.8 Å². The number of carbonyl (C=O) groups excluding carboxylic acids is 1. The van der Waals surface area contributed by atoms with E-state index in [1.807, 2.05) is 13.8 Å². The molecular formula is C25H27N5O6S. The molecule has 0 saturated carbocycles. The Hall–Kier alpha value is -4.19. The largest absolute Gasteiger partial charge is 0.857 e. The highest BCUT2D eigenvalue weighted by atomic mass is 32.1. The highest BCUT2D eigenvalue weighted by molar-refractivity contribution is 7.21. The summed E-state index contributed by atoms with van der Waals surface area (Å²) in [5.41, 5.74) is 8.66. The molecule has 0 spiro atoms. The van der Waals surface area contributed by atoms with Gasteiger partial charge in [-0.3, -0.25) is 9.32 Å². The first-order valence-corrected chi connectivity index (χ1v) is 12.1. The van der Waals surface area contributed by atoms with Gasteiger partial charge in [-0.1, -0.05) is 0 Å². The average Bonchev–Trinajstić information content (AvgIpc) is 3.46.